The van der Waals surface area contributed by atoms with Gasteiger partial charge in [0.1, 0.15) is 11.4 Å². The number of carbonyl (C=O) groups excluding carboxylic acids is 1. The summed E-state index contributed by atoms with van der Waals surface area (Å²) < 4.78 is 31.9. The van der Waals surface area contributed by atoms with Crippen LogP contribution in [0.4, 0.5) is 19.3 Å². The van der Waals surface area contributed by atoms with E-state index in [9.17, 15) is 13.6 Å². The first kappa shape index (κ1) is 12.8. The molecule has 2 N–H and O–H groups in total. The molecule has 0 spiro atoms. The van der Waals surface area contributed by atoms with Gasteiger partial charge in [-0.2, -0.15) is 5.26 Å². The molecule has 1 aliphatic heterocycles. The van der Waals surface area contributed by atoms with Crippen LogP contribution < -0.4 is 15.4 Å². The first-order valence-corrected chi connectivity index (χ1v) is 5.30. The van der Waals surface area contributed by atoms with E-state index >= 15 is 0 Å². The summed E-state index contributed by atoms with van der Waals surface area (Å²) in [4.78, 5) is 11.9. The van der Waals surface area contributed by atoms with Crippen molar-refractivity contribution in [1.82, 2.24) is 0 Å². The molecule has 0 aromatic heterocycles. The van der Waals surface area contributed by atoms with E-state index in [1.54, 1.807) is 0 Å². The van der Waals surface area contributed by atoms with Gasteiger partial charge < -0.3 is 15.4 Å². The summed E-state index contributed by atoms with van der Waals surface area (Å²) in [5, 5.41) is 8.43. The molecule has 0 radical (unpaired) electrons. The number of halogens is 2. The minimum Gasteiger partial charge on any atom is -0.410 e. The molecule has 0 bridgehead atoms. The van der Waals surface area contributed by atoms with E-state index < -0.39 is 17.7 Å². The molecule has 0 saturated carbocycles. The molecule has 1 saturated heterocycles. The number of amides is 1. The first-order chi connectivity index (χ1) is 9.01. The maximum absolute atomic E-state index is 13.7. The van der Waals surface area contributed by atoms with Crippen molar-refractivity contribution in [2.75, 3.05) is 18.0 Å². The van der Waals surface area contributed by atoms with Crippen LogP contribution in [0.25, 0.3) is 0 Å². The highest BCUT2D eigenvalue weighted by atomic mass is 19.1. The molecule has 19 heavy (non-hydrogen) atoms. The minimum atomic E-state index is -1.14. The van der Waals surface area contributed by atoms with Crippen LogP contribution in [0, 0.1) is 23.0 Å². The maximum Gasteiger partial charge on any atom is 0.409 e. The van der Waals surface area contributed by atoms with Crippen molar-refractivity contribution in [3.8, 4) is 11.8 Å². The molecule has 5 nitrogen and oxygen atoms in total. The van der Waals surface area contributed by atoms with Gasteiger partial charge in [-0.1, -0.05) is 0 Å². The highest BCUT2D eigenvalue weighted by Crippen LogP contribution is 2.32. The Morgan fingerprint density at radius 2 is 2.00 bits per heavy atom. The Morgan fingerprint density at radius 3 is 2.47 bits per heavy atom. The molecule has 98 valence electrons. The van der Waals surface area contributed by atoms with Crippen molar-refractivity contribution < 1.29 is 18.3 Å². The monoisotopic (exact) mass is 265 g/mol. The van der Waals surface area contributed by atoms with Crippen LogP contribution in [0.3, 0.4) is 0 Å². The van der Waals surface area contributed by atoms with Crippen molar-refractivity contribution in [2.45, 2.75) is 0 Å². The molecule has 1 aromatic carbocycles. The normalized spacial score (nSPS) is 13.5. The lowest BCUT2D eigenvalue weighted by molar-refractivity contribution is 0.210. The number of primary amides is 1. The average molecular weight is 265 g/mol. The fourth-order valence-corrected chi connectivity index (χ4v) is 1.80. The van der Waals surface area contributed by atoms with Crippen LogP contribution in [-0.2, 0) is 0 Å². The molecule has 2 rings (SSSR count). The lowest BCUT2D eigenvalue weighted by atomic mass is 10.1. The molecule has 0 unspecified atom stereocenters. The molecular formula is C12H9F2N3O2. The number of benzene rings is 1. The van der Waals surface area contributed by atoms with Gasteiger partial charge in [-0.3, -0.25) is 0 Å². The van der Waals surface area contributed by atoms with Gasteiger partial charge >= 0.3 is 6.09 Å². The molecule has 0 atom stereocenters. The van der Waals surface area contributed by atoms with Gasteiger partial charge in [-0.15, -0.1) is 0 Å². The van der Waals surface area contributed by atoms with Gasteiger partial charge in [-0.25, -0.2) is 13.6 Å². The van der Waals surface area contributed by atoms with E-state index in [4.69, 9.17) is 11.0 Å². The topological polar surface area (TPSA) is 79.3 Å². The standard InChI is InChI=1S/C12H9F2N3O2/c13-9-3-8(19-12(16)18)4-10(14)11(9)17-5-7(6-17)1-2-15/h1,3-4H,5-6H2,(H2,16,18). The Bertz CT molecular complexity index is 576. The molecular weight excluding hydrogens is 256 g/mol. The quantitative estimate of drug-likeness (QED) is 0.825. The number of anilines is 1. The predicted molar refractivity (Wildman–Crippen MR) is 62.5 cm³/mol. The number of nitriles is 1. The predicted octanol–water partition coefficient (Wildman–Crippen LogP) is 1.69. The van der Waals surface area contributed by atoms with Gasteiger partial charge in [-0.05, 0) is 5.57 Å². The van der Waals surface area contributed by atoms with Gasteiger partial charge in [0.2, 0.25) is 0 Å². The highest BCUT2D eigenvalue weighted by Gasteiger charge is 2.26. The number of nitrogens with two attached hydrogens (primary N) is 1. The number of carbonyl (C=O) groups is 1. The molecule has 0 aliphatic carbocycles. The Kier molecular flexibility index (Phi) is 3.33. The van der Waals surface area contributed by atoms with Crippen LogP contribution in [0.5, 0.6) is 5.75 Å². The molecule has 1 aliphatic rings. The third-order valence-corrected chi connectivity index (χ3v) is 2.58. The Balaban J connectivity index is 2.22. The van der Waals surface area contributed by atoms with Crippen molar-refractivity contribution in [2.24, 2.45) is 5.73 Å². The van der Waals surface area contributed by atoms with Crippen molar-refractivity contribution in [3.05, 3.63) is 35.4 Å². The Morgan fingerprint density at radius 1 is 1.42 bits per heavy atom. The van der Waals surface area contributed by atoms with Crippen molar-refractivity contribution >= 4 is 11.8 Å². The van der Waals surface area contributed by atoms with Gasteiger partial charge in [0.15, 0.2) is 11.6 Å². The maximum atomic E-state index is 13.7. The molecule has 1 fully saturated rings. The minimum absolute atomic E-state index is 0.216. The second kappa shape index (κ2) is 4.94. The Labute approximate surface area is 107 Å². The highest BCUT2D eigenvalue weighted by molar-refractivity contribution is 5.68. The number of hydrogen-bond acceptors (Lipinski definition) is 4. The van der Waals surface area contributed by atoms with Crippen molar-refractivity contribution in [3.63, 3.8) is 0 Å². The van der Waals surface area contributed by atoms with E-state index in [1.165, 1.54) is 11.0 Å². The van der Waals surface area contributed by atoms with E-state index in [1.807, 2.05) is 6.07 Å². The summed E-state index contributed by atoms with van der Waals surface area (Å²) in [7, 11) is 0. The molecule has 1 amide bonds. The van der Waals surface area contributed by atoms with Crippen LogP contribution in [0.2, 0.25) is 0 Å². The largest absolute Gasteiger partial charge is 0.410 e. The summed E-state index contributed by atoms with van der Waals surface area (Å²) in [5.74, 6) is -2.00. The van der Waals surface area contributed by atoms with Crippen molar-refractivity contribution in [1.29, 1.82) is 5.26 Å². The van der Waals surface area contributed by atoms with E-state index in [2.05, 4.69) is 4.74 Å². The molecule has 1 heterocycles. The Hall–Kier alpha value is -2.62. The van der Waals surface area contributed by atoms with Gasteiger partial charge in [0.05, 0.1) is 6.07 Å². The molecule has 1 aromatic rings. The fourth-order valence-electron chi connectivity index (χ4n) is 1.80. The second-order valence-electron chi connectivity index (χ2n) is 3.94. The average Bonchev–Trinajstić information content (AvgIpc) is 2.23. The smallest absolute Gasteiger partial charge is 0.409 e. The summed E-state index contributed by atoms with van der Waals surface area (Å²) in [6.07, 6.45) is 0.200. The third-order valence-electron chi connectivity index (χ3n) is 2.58. The van der Waals surface area contributed by atoms with E-state index in [0.717, 1.165) is 17.7 Å². The van der Waals surface area contributed by atoms with Crippen LogP contribution >= 0.6 is 0 Å². The second-order valence-corrected chi connectivity index (χ2v) is 3.94. The lowest BCUT2D eigenvalue weighted by Crippen LogP contribution is -2.41. The number of allylic oxidation sites excluding steroid dienone is 1. The summed E-state index contributed by atoms with van der Waals surface area (Å²) in [5.41, 5.74) is 5.33. The summed E-state index contributed by atoms with van der Waals surface area (Å²) in [6.45, 7) is 0.578. The number of rotatable bonds is 2. The van der Waals surface area contributed by atoms with Gasteiger partial charge in [0.25, 0.3) is 0 Å². The van der Waals surface area contributed by atoms with Crippen LogP contribution in [0.1, 0.15) is 0 Å². The number of hydrogen-bond donors (Lipinski definition) is 1. The first-order valence-electron chi connectivity index (χ1n) is 5.30. The van der Waals surface area contributed by atoms with Crippen LogP contribution in [0.15, 0.2) is 23.8 Å². The van der Waals surface area contributed by atoms with Gasteiger partial charge in [0, 0.05) is 31.3 Å². The summed E-state index contributed by atoms with van der Waals surface area (Å²) in [6, 6.07) is 3.62. The summed E-state index contributed by atoms with van der Waals surface area (Å²) >= 11 is 0. The third kappa shape index (κ3) is 2.63. The zero-order chi connectivity index (χ0) is 14.0. The SMILES string of the molecule is N#CC=C1CN(c2c(F)cc(OC(N)=O)cc2F)C1. The van der Waals surface area contributed by atoms with E-state index in [0.29, 0.717) is 0 Å². The fraction of sp³-hybridized carbons (Fsp3) is 0.167. The number of ether oxygens (including phenoxy) is 1. The molecule has 7 heteroatoms. The van der Waals surface area contributed by atoms with Crippen LogP contribution in [-0.4, -0.2) is 19.2 Å². The zero-order valence-electron chi connectivity index (χ0n) is 9.69. The number of nitrogens with zero attached hydrogens (tertiary/aromatic N) is 2. The van der Waals surface area contributed by atoms with E-state index in [-0.39, 0.29) is 24.5 Å². The zero-order valence-corrected chi connectivity index (χ0v) is 9.69. The lowest BCUT2D eigenvalue weighted by Gasteiger charge is -2.36.